The summed E-state index contributed by atoms with van der Waals surface area (Å²) in [6, 6.07) is 14.5. The Kier molecular flexibility index (Phi) is 13.5. The minimum absolute atomic E-state index is 0.0356. The largest absolute Gasteiger partial charge is 0.453 e. The lowest BCUT2D eigenvalue weighted by Gasteiger charge is -2.39. The maximum Gasteiger partial charge on any atom is 0.407 e. The number of hydrogen-bond donors (Lipinski definition) is 5. The van der Waals surface area contributed by atoms with Crippen LogP contribution >= 0.6 is 0 Å². The number of carbonyl (C=O) groups is 4. The summed E-state index contributed by atoms with van der Waals surface area (Å²) in [6.45, 7) is 8.96. The van der Waals surface area contributed by atoms with Crippen LogP contribution < -0.4 is 16.0 Å². The lowest BCUT2D eigenvalue weighted by molar-refractivity contribution is -0.141. The van der Waals surface area contributed by atoms with Crippen LogP contribution in [0.4, 0.5) is 9.59 Å². The summed E-state index contributed by atoms with van der Waals surface area (Å²) in [5.74, 6) is 0.718. The minimum atomic E-state index is -0.729. The molecular formula is C43H56N8O7. The fraction of sp³-hybridized carbons (Fsp3) is 0.488. The highest BCUT2D eigenvalue weighted by Crippen LogP contribution is 2.42. The third-order valence-electron chi connectivity index (χ3n) is 11.3. The van der Waals surface area contributed by atoms with Gasteiger partial charge in [-0.15, -0.1) is 0 Å². The number of H-pyrrole nitrogens is 2. The van der Waals surface area contributed by atoms with E-state index in [0.717, 1.165) is 65.7 Å². The molecule has 15 heteroatoms. The average molecular weight is 797 g/mol. The number of methoxy groups -OCH3 is 2. The van der Waals surface area contributed by atoms with E-state index in [-0.39, 0.29) is 23.8 Å². The number of aromatic nitrogens is 4. The number of alkyl carbamates (subject to hydrolysis) is 2. The number of carbonyl (C=O) groups excluding carboxylic acids is 4. The number of aromatic amines is 2. The third-order valence-corrected chi connectivity index (χ3v) is 11.3. The van der Waals surface area contributed by atoms with Gasteiger partial charge in [0.2, 0.25) is 11.8 Å². The molecule has 0 bridgehead atoms. The second-order valence-corrected chi connectivity index (χ2v) is 15.7. The predicted octanol–water partition coefficient (Wildman–Crippen LogP) is 6.60. The molecular weight excluding hydrogens is 741 g/mol. The molecule has 0 unspecified atom stereocenters. The second kappa shape index (κ2) is 18.7. The Morgan fingerprint density at radius 1 is 0.828 bits per heavy atom. The minimum Gasteiger partial charge on any atom is -0.453 e. The van der Waals surface area contributed by atoms with Crippen LogP contribution in [0.1, 0.15) is 90.3 Å². The second-order valence-electron chi connectivity index (χ2n) is 15.7. The highest BCUT2D eigenvalue weighted by atomic mass is 16.5. The monoisotopic (exact) mass is 796 g/mol. The van der Waals surface area contributed by atoms with Crippen molar-refractivity contribution in [2.75, 3.05) is 27.4 Å². The number of ether oxygens (including phenoxy) is 3. The number of rotatable bonds is 9. The highest BCUT2D eigenvalue weighted by molar-refractivity contribution is 5.87. The smallest absolute Gasteiger partial charge is 0.407 e. The SMILES string of the molecule is COC(=O)N[C@H]1CCCCCOCC[C@@H](c2ncc(-c3ccc(-c4ccc(-c5cnc([C@]6(C)CC[C@@H](C)N6C(=O)[C@@H](NC(=O)OC)C(C)C)[nH]5)cc4)cc3)[nH]2)NC1=O. The van der Waals surface area contributed by atoms with Gasteiger partial charge in [0, 0.05) is 19.3 Å². The topological polar surface area (TPSA) is 193 Å². The Bertz CT molecular complexity index is 2030. The van der Waals surface area contributed by atoms with Crippen molar-refractivity contribution < 1.29 is 33.4 Å². The summed E-state index contributed by atoms with van der Waals surface area (Å²) in [5, 5.41) is 8.46. The van der Waals surface area contributed by atoms with Crippen molar-refractivity contribution in [1.82, 2.24) is 40.8 Å². The molecule has 4 heterocycles. The summed E-state index contributed by atoms with van der Waals surface area (Å²) >= 11 is 0. The van der Waals surface area contributed by atoms with E-state index in [0.29, 0.717) is 37.7 Å². The molecule has 4 amide bonds. The molecule has 2 aliphatic heterocycles. The van der Waals surface area contributed by atoms with Crippen molar-refractivity contribution in [2.45, 2.75) is 102 Å². The van der Waals surface area contributed by atoms with E-state index in [1.807, 2.05) is 56.9 Å². The molecule has 58 heavy (non-hydrogen) atoms. The van der Waals surface area contributed by atoms with Crippen molar-refractivity contribution in [2.24, 2.45) is 5.92 Å². The summed E-state index contributed by atoms with van der Waals surface area (Å²) in [7, 11) is 2.57. The zero-order valence-electron chi connectivity index (χ0n) is 34.2. The van der Waals surface area contributed by atoms with E-state index >= 15 is 0 Å². The van der Waals surface area contributed by atoms with E-state index in [2.05, 4.69) is 55.2 Å². The summed E-state index contributed by atoms with van der Waals surface area (Å²) in [5.41, 5.74) is 4.94. The fourth-order valence-corrected chi connectivity index (χ4v) is 7.91. The van der Waals surface area contributed by atoms with Gasteiger partial charge >= 0.3 is 12.2 Å². The summed E-state index contributed by atoms with van der Waals surface area (Å²) < 4.78 is 15.4. The maximum absolute atomic E-state index is 13.9. The molecule has 2 aromatic heterocycles. The Labute approximate surface area is 339 Å². The normalized spacial score (nSPS) is 22.3. The standard InChI is InChI=1S/C43H56N8O7/c1-26(2)36(50-42(55)57-6)39(53)51-27(3)19-21-43(51,4)40-45-25-35(48-40)31-17-13-29(14-18-31)28-11-15-30(16-12-28)34-24-44-37(46-34)32-20-23-58-22-9-7-8-10-33(38(52)47-32)49-41(54)56-5/h11-18,24-27,32-33,36H,7-10,19-23H2,1-6H3,(H,44,46)(H,45,48)(H,47,52)(H,49,54)(H,50,55)/t27-,32+,33+,36+,43+/m1/s1. The van der Waals surface area contributed by atoms with Gasteiger partial charge in [0.05, 0.1) is 49.6 Å². The lowest BCUT2D eigenvalue weighted by Crippen LogP contribution is -2.56. The van der Waals surface area contributed by atoms with Gasteiger partial charge in [0.15, 0.2) is 0 Å². The van der Waals surface area contributed by atoms with Crippen LogP contribution in [-0.4, -0.2) is 94.4 Å². The van der Waals surface area contributed by atoms with Gasteiger partial charge in [-0.2, -0.15) is 0 Å². The van der Waals surface area contributed by atoms with Crippen molar-refractivity contribution in [3.8, 4) is 33.6 Å². The summed E-state index contributed by atoms with van der Waals surface area (Å²) in [4.78, 5) is 69.5. The highest BCUT2D eigenvalue weighted by Gasteiger charge is 2.49. The molecule has 6 rings (SSSR count). The number of benzene rings is 2. The molecule has 2 fully saturated rings. The van der Waals surface area contributed by atoms with E-state index in [1.165, 1.54) is 14.2 Å². The number of hydrogen-bond acceptors (Lipinski definition) is 9. The molecule has 4 aromatic rings. The van der Waals surface area contributed by atoms with E-state index in [4.69, 9.17) is 19.2 Å². The van der Waals surface area contributed by atoms with Crippen LogP contribution in [0.2, 0.25) is 0 Å². The number of nitrogens with zero attached hydrogens (tertiary/aromatic N) is 3. The molecule has 2 aliphatic rings. The van der Waals surface area contributed by atoms with Crippen molar-refractivity contribution in [3.05, 3.63) is 72.6 Å². The van der Waals surface area contributed by atoms with Crippen LogP contribution in [0.15, 0.2) is 60.9 Å². The molecule has 5 atom stereocenters. The molecule has 0 saturated carbocycles. The number of likely N-dealkylation sites (tertiary alicyclic amines) is 1. The quantitative estimate of drug-likeness (QED) is 0.124. The zero-order valence-corrected chi connectivity index (χ0v) is 34.2. The molecule has 310 valence electrons. The molecule has 2 aromatic carbocycles. The first kappa shape index (κ1) is 41.9. The van der Waals surface area contributed by atoms with E-state index in [1.54, 1.807) is 12.4 Å². The lowest BCUT2D eigenvalue weighted by atomic mass is 9.95. The van der Waals surface area contributed by atoms with E-state index < -0.39 is 35.9 Å². The Hall–Kier alpha value is -5.70. The first-order valence-corrected chi connectivity index (χ1v) is 20.1. The molecule has 0 radical (unpaired) electrons. The van der Waals surface area contributed by atoms with E-state index in [9.17, 15) is 19.2 Å². The molecule has 0 aliphatic carbocycles. The number of imidazole rings is 2. The molecule has 5 N–H and O–H groups in total. The Morgan fingerprint density at radius 3 is 2.09 bits per heavy atom. The van der Waals surface area contributed by atoms with Gasteiger partial charge in [0.1, 0.15) is 23.7 Å². The van der Waals surface area contributed by atoms with Crippen LogP contribution in [0.25, 0.3) is 33.6 Å². The molecule has 2 saturated heterocycles. The van der Waals surface area contributed by atoms with Crippen LogP contribution in [0.5, 0.6) is 0 Å². The molecule has 15 nitrogen and oxygen atoms in total. The van der Waals surface area contributed by atoms with Gasteiger partial charge < -0.3 is 45.0 Å². The first-order valence-electron chi connectivity index (χ1n) is 20.1. The van der Waals surface area contributed by atoms with Crippen molar-refractivity contribution >= 4 is 24.0 Å². The Balaban J connectivity index is 1.13. The van der Waals surface area contributed by atoms with Gasteiger partial charge in [-0.25, -0.2) is 19.6 Å². The van der Waals surface area contributed by atoms with Crippen LogP contribution in [0, 0.1) is 5.92 Å². The van der Waals surface area contributed by atoms with Crippen molar-refractivity contribution in [1.29, 1.82) is 0 Å². The maximum atomic E-state index is 13.9. The predicted molar refractivity (Wildman–Crippen MR) is 218 cm³/mol. The van der Waals surface area contributed by atoms with Gasteiger partial charge in [-0.1, -0.05) is 75.2 Å². The molecule has 0 spiro atoms. The van der Waals surface area contributed by atoms with Gasteiger partial charge in [0.25, 0.3) is 0 Å². The third kappa shape index (κ3) is 9.52. The first-order chi connectivity index (χ1) is 27.9. The zero-order chi connectivity index (χ0) is 41.4. The van der Waals surface area contributed by atoms with Crippen molar-refractivity contribution in [3.63, 3.8) is 0 Å². The number of nitrogens with one attached hydrogen (secondary N) is 5. The van der Waals surface area contributed by atoms with Crippen LogP contribution in [-0.2, 0) is 29.3 Å². The number of amides is 4. The average Bonchev–Trinajstić information content (AvgIpc) is 3.99. The fourth-order valence-electron chi connectivity index (χ4n) is 7.91. The van der Waals surface area contributed by atoms with Crippen LogP contribution in [0.3, 0.4) is 0 Å². The van der Waals surface area contributed by atoms with Gasteiger partial charge in [-0.05, 0) is 74.1 Å². The summed E-state index contributed by atoms with van der Waals surface area (Å²) in [6.07, 6.45) is 7.40. The van der Waals surface area contributed by atoms with Gasteiger partial charge in [-0.3, -0.25) is 9.59 Å². The Morgan fingerprint density at radius 2 is 1.45 bits per heavy atom.